The zero-order valence-corrected chi connectivity index (χ0v) is 15.7. The van der Waals surface area contributed by atoms with Crippen molar-refractivity contribution >= 4 is 11.8 Å². The van der Waals surface area contributed by atoms with Crippen molar-refractivity contribution in [2.24, 2.45) is 17.6 Å². The maximum absolute atomic E-state index is 12.6. The van der Waals surface area contributed by atoms with Gasteiger partial charge in [-0.1, -0.05) is 31.2 Å². The standard InChI is InChI=1S/C21H30N2O3/c1-2-15-4-3-5-17(12-15)14-20(24)23-9-6-16(7-10-23)13-19-18(21(22)25)8-11-26-19/h3-5,12,16,18-19H,2,6-11,13-14H2,1H3,(H2,22,25)/t18-,19-/m1/s1. The summed E-state index contributed by atoms with van der Waals surface area (Å²) in [5, 5.41) is 0. The van der Waals surface area contributed by atoms with Crippen LogP contribution in [-0.4, -0.2) is 42.5 Å². The average Bonchev–Trinajstić information content (AvgIpc) is 3.11. The molecule has 142 valence electrons. The molecule has 0 saturated carbocycles. The number of piperidine rings is 1. The van der Waals surface area contributed by atoms with Gasteiger partial charge in [0.25, 0.3) is 0 Å². The number of rotatable bonds is 6. The second-order valence-corrected chi connectivity index (χ2v) is 7.62. The summed E-state index contributed by atoms with van der Waals surface area (Å²) in [5.41, 5.74) is 7.85. The van der Waals surface area contributed by atoms with Crippen LogP contribution in [0.4, 0.5) is 0 Å². The molecular formula is C21H30N2O3. The Bertz CT molecular complexity index is 638. The van der Waals surface area contributed by atoms with Crippen LogP contribution in [0.5, 0.6) is 0 Å². The van der Waals surface area contributed by atoms with Gasteiger partial charge in [-0.05, 0) is 49.1 Å². The molecule has 2 amide bonds. The summed E-state index contributed by atoms with van der Waals surface area (Å²) in [5.74, 6) is 0.339. The van der Waals surface area contributed by atoms with Gasteiger partial charge in [0.1, 0.15) is 0 Å². The number of carbonyl (C=O) groups excluding carboxylic acids is 2. The number of benzene rings is 1. The van der Waals surface area contributed by atoms with Crippen LogP contribution in [0.3, 0.4) is 0 Å². The Hall–Kier alpha value is -1.88. The lowest BCUT2D eigenvalue weighted by atomic mass is 9.86. The molecule has 1 aromatic rings. The highest BCUT2D eigenvalue weighted by atomic mass is 16.5. The monoisotopic (exact) mass is 358 g/mol. The van der Waals surface area contributed by atoms with Gasteiger partial charge in [0.2, 0.25) is 11.8 Å². The van der Waals surface area contributed by atoms with Crippen molar-refractivity contribution in [1.29, 1.82) is 0 Å². The molecule has 0 aliphatic carbocycles. The van der Waals surface area contributed by atoms with Crippen molar-refractivity contribution in [3.8, 4) is 0 Å². The zero-order chi connectivity index (χ0) is 18.5. The number of hydrogen-bond donors (Lipinski definition) is 1. The number of carbonyl (C=O) groups is 2. The molecular weight excluding hydrogens is 328 g/mol. The highest BCUT2D eigenvalue weighted by Crippen LogP contribution is 2.30. The number of nitrogens with zero attached hydrogens (tertiary/aromatic N) is 1. The van der Waals surface area contributed by atoms with Gasteiger partial charge in [-0.2, -0.15) is 0 Å². The first-order chi connectivity index (χ1) is 12.6. The smallest absolute Gasteiger partial charge is 0.226 e. The van der Waals surface area contributed by atoms with Gasteiger partial charge in [0.15, 0.2) is 0 Å². The molecule has 2 aliphatic heterocycles. The van der Waals surface area contributed by atoms with Crippen molar-refractivity contribution in [3.05, 3.63) is 35.4 Å². The lowest BCUT2D eigenvalue weighted by Crippen LogP contribution is -2.40. The van der Waals surface area contributed by atoms with E-state index in [9.17, 15) is 9.59 Å². The van der Waals surface area contributed by atoms with Gasteiger partial charge in [-0.25, -0.2) is 0 Å². The first-order valence-electron chi connectivity index (χ1n) is 9.83. The lowest BCUT2D eigenvalue weighted by molar-refractivity contribution is -0.132. The first-order valence-corrected chi connectivity index (χ1v) is 9.83. The van der Waals surface area contributed by atoms with Gasteiger partial charge in [0.05, 0.1) is 18.4 Å². The maximum Gasteiger partial charge on any atom is 0.226 e. The molecule has 2 atom stereocenters. The van der Waals surface area contributed by atoms with Crippen molar-refractivity contribution in [1.82, 2.24) is 4.90 Å². The summed E-state index contributed by atoms with van der Waals surface area (Å²) >= 11 is 0. The molecule has 2 N–H and O–H groups in total. The van der Waals surface area contributed by atoms with E-state index in [1.165, 1.54) is 5.56 Å². The molecule has 2 fully saturated rings. The van der Waals surface area contributed by atoms with Crippen LogP contribution < -0.4 is 5.73 Å². The number of likely N-dealkylation sites (tertiary alicyclic amines) is 1. The number of ether oxygens (including phenoxy) is 1. The Balaban J connectivity index is 1.47. The van der Waals surface area contributed by atoms with Gasteiger partial charge >= 0.3 is 0 Å². The minimum atomic E-state index is -0.241. The maximum atomic E-state index is 12.6. The van der Waals surface area contributed by atoms with Crippen LogP contribution in [0.25, 0.3) is 0 Å². The SMILES string of the molecule is CCc1cccc(CC(=O)N2CCC(C[C@H]3OCC[C@H]3C(N)=O)CC2)c1. The third-order valence-electron chi connectivity index (χ3n) is 5.86. The summed E-state index contributed by atoms with van der Waals surface area (Å²) in [6.45, 7) is 4.35. The van der Waals surface area contributed by atoms with Crippen LogP contribution in [0, 0.1) is 11.8 Å². The Morgan fingerprint density at radius 3 is 2.62 bits per heavy atom. The van der Waals surface area contributed by atoms with E-state index in [0.717, 1.165) is 50.8 Å². The van der Waals surface area contributed by atoms with Crippen LogP contribution in [-0.2, 0) is 27.2 Å². The molecule has 0 spiro atoms. The molecule has 2 aliphatic rings. The predicted molar refractivity (Wildman–Crippen MR) is 100 cm³/mol. The fourth-order valence-corrected chi connectivity index (χ4v) is 4.20. The highest BCUT2D eigenvalue weighted by molar-refractivity contribution is 5.79. The molecule has 1 aromatic carbocycles. The molecule has 0 bridgehead atoms. The number of aryl methyl sites for hydroxylation is 1. The van der Waals surface area contributed by atoms with E-state index in [2.05, 4.69) is 19.1 Å². The summed E-state index contributed by atoms with van der Waals surface area (Å²) in [6.07, 6.45) is 5.02. The number of amides is 2. The Labute approximate surface area is 155 Å². The van der Waals surface area contributed by atoms with Gasteiger partial charge in [0, 0.05) is 19.7 Å². The van der Waals surface area contributed by atoms with Crippen LogP contribution in [0.1, 0.15) is 43.7 Å². The van der Waals surface area contributed by atoms with E-state index >= 15 is 0 Å². The Kier molecular flexibility index (Phi) is 6.30. The molecule has 0 aromatic heterocycles. The minimum Gasteiger partial charge on any atom is -0.377 e. The molecule has 3 rings (SSSR count). The third kappa shape index (κ3) is 4.64. The summed E-state index contributed by atoms with van der Waals surface area (Å²) in [4.78, 5) is 26.1. The largest absolute Gasteiger partial charge is 0.377 e. The molecule has 2 saturated heterocycles. The number of hydrogen-bond acceptors (Lipinski definition) is 3. The topological polar surface area (TPSA) is 72.6 Å². The van der Waals surface area contributed by atoms with Crippen molar-refractivity contribution < 1.29 is 14.3 Å². The fourth-order valence-electron chi connectivity index (χ4n) is 4.20. The number of nitrogens with two attached hydrogens (primary N) is 1. The predicted octanol–water partition coefficient (Wildman–Crippen LogP) is 2.31. The summed E-state index contributed by atoms with van der Waals surface area (Å²) in [6, 6.07) is 8.30. The minimum absolute atomic E-state index is 0.0310. The normalized spacial score (nSPS) is 24.0. The van der Waals surface area contributed by atoms with E-state index in [-0.39, 0.29) is 23.8 Å². The fraction of sp³-hybridized carbons (Fsp3) is 0.619. The van der Waals surface area contributed by atoms with Gasteiger partial charge < -0.3 is 15.4 Å². The quantitative estimate of drug-likeness (QED) is 0.848. The van der Waals surface area contributed by atoms with Crippen molar-refractivity contribution in [2.45, 2.75) is 51.6 Å². The van der Waals surface area contributed by atoms with Crippen molar-refractivity contribution in [2.75, 3.05) is 19.7 Å². The Morgan fingerprint density at radius 2 is 1.92 bits per heavy atom. The molecule has 26 heavy (non-hydrogen) atoms. The van der Waals surface area contributed by atoms with Gasteiger partial charge in [-0.3, -0.25) is 9.59 Å². The van der Waals surface area contributed by atoms with Gasteiger partial charge in [-0.15, -0.1) is 0 Å². The molecule has 0 radical (unpaired) electrons. The third-order valence-corrected chi connectivity index (χ3v) is 5.86. The first kappa shape index (κ1) is 18.9. The van der Waals surface area contributed by atoms with Crippen LogP contribution in [0.2, 0.25) is 0 Å². The molecule has 5 nitrogen and oxygen atoms in total. The second kappa shape index (κ2) is 8.67. The molecule has 0 unspecified atom stereocenters. The van der Waals surface area contributed by atoms with E-state index in [0.29, 0.717) is 18.9 Å². The van der Waals surface area contributed by atoms with Crippen LogP contribution >= 0.6 is 0 Å². The summed E-state index contributed by atoms with van der Waals surface area (Å²) < 4.78 is 5.72. The average molecular weight is 358 g/mol. The molecule has 2 heterocycles. The zero-order valence-electron chi connectivity index (χ0n) is 15.7. The van der Waals surface area contributed by atoms with E-state index in [1.54, 1.807) is 0 Å². The summed E-state index contributed by atoms with van der Waals surface area (Å²) in [7, 11) is 0. The molecule has 5 heteroatoms. The Morgan fingerprint density at radius 1 is 1.19 bits per heavy atom. The van der Waals surface area contributed by atoms with E-state index in [1.807, 2.05) is 17.0 Å². The lowest BCUT2D eigenvalue weighted by Gasteiger charge is -2.33. The van der Waals surface area contributed by atoms with E-state index in [4.69, 9.17) is 10.5 Å². The second-order valence-electron chi connectivity index (χ2n) is 7.62. The number of primary amides is 1. The van der Waals surface area contributed by atoms with E-state index < -0.39 is 0 Å². The van der Waals surface area contributed by atoms with Crippen molar-refractivity contribution in [3.63, 3.8) is 0 Å². The highest BCUT2D eigenvalue weighted by Gasteiger charge is 2.35. The van der Waals surface area contributed by atoms with Crippen LogP contribution in [0.15, 0.2) is 24.3 Å².